The van der Waals surface area contributed by atoms with Crippen LogP contribution >= 0.6 is 11.6 Å². The minimum absolute atomic E-state index is 0.00535. The highest BCUT2D eigenvalue weighted by Gasteiger charge is 2.45. The molecule has 1 aliphatic carbocycles. The summed E-state index contributed by atoms with van der Waals surface area (Å²) in [6, 6.07) is 4.78. The quantitative estimate of drug-likeness (QED) is 0.630. The zero-order chi connectivity index (χ0) is 19.6. The summed E-state index contributed by atoms with van der Waals surface area (Å²) in [5.41, 5.74) is 0.925. The Kier molecular flexibility index (Phi) is 5.50. The van der Waals surface area contributed by atoms with Gasteiger partial charge in [0.05, 0.1) is 11.0 Å². The molecule has 27 heavy (non-hydrogen) atoms. The monoisotopic (exact) mass is 400 g/mol. The van der Waals surface area contributed by atoms with Crippen LogP contribution in [0.1, 0.15) is 43.0 Å². The molecule has 0 amide bonds. The van der Waals surface area contributed by atoms with E-state index in [0.29, 0.717) is 4.68 Å². The summed E-state index contributed by atoms with van der Waals surface area (Å²) in [5.74, 6) is -2.42. The number of aromatic nitrogens is 4. The first kappa shape index (κ1) is 19.3. The first-order valence-corrected chi connectivity index (χ1v) is 8.74. The van der Waals surface area contributed by atoms with Gasteiger partial charge in [0.25, 0.3) is 0 Å². The first-order chi connectivity index (χ1) is 12.8. The molecule has 0 bridgehead atoms. The molecule has 0 aliphatic heterocycles. The number of tetrazole rings is 1. The molecule has 0 radical (unpaired) electrons. The van der Waals surface area contributed by atoms with E-state index in [4.69, 9.17) is 11.6 Å². The lowest BCUT2D eigenvalue weighted by Gasteiger charge is -2.30. The molecule has 1 N–H and O–H groups in total. The van der Waals surface area contributed by atoms with Crippen LogP contribution in [0.15, 0.2) is 30.4 Å². The topological polar surface area (TPSA) is 85.6 Å². The third-order valence-corrected chi connectivity index (χ3v) is 5.00. The molecule has 10 heteroatoms. The van der Waals surface area contributed by atoms with Crippen molar-refractivity contribution >= 4 is 17.6 Å². The molecular weight excluding hydrogens is 385 g/mol. The number of nitrogens with one attached hydrogen (secondary N) is 1. The Labute approximate surface area is 157 Å². The summed E-state index contributed by atoms with van der Waals surface area (Å²) in [6.07, 6.45) is 1.60. The summed E-state index contributed by atoms with van der Waals surface area (Å²) in [5, 5.41) is 19.3. The summed E-state index contributed by atoms with van der Waals surface area (Å²) in [7, 11) is 0. The van der Waals surface area contributed by atoms with Gasteiger partial charge in [-0.1, -0.05) is 41.8 Å². The van der Waals surface area contributed by atoms with Gasteiger partial charge in [0.1, 0.15) is 10.8 Å². The Bertz CT molecular complexity index is 866. The number of aliphatic carboxylic acids is 1. The van der Waals surface area contributed by atoms with Gasteiger partial charge < -0.3 is 9.90 Å². The number of carbonyl (C=O) groups is 1. The highest BCUT2D eigenvalue weighted by molar-refractivity contribution is 6.32. The number of carboxylic acid groups (broad SMARTS) is 1. The highest BCUT2D eigenvalue weighted by atomic mass is 35.5. The summed E-state index contributed by atoms with van der Waals surface area (Å²) in [4.78, 5) is 10.7. The van der Waals surface area contributed by atoms with Crippen molar-refractivity contribution < 1.29 is 27.8 Å². The molecule has 1 aliphatic rings. The lowest BCUT2D eigenvalue weighted by molar-refractivity contribution is -0.680. The standard InChI is InChI=1S/C17H16ClF3N4O2/c18-13-9-11(12-4-2-1-3-10(12)6-8-15(26)27)5-7-14(13)25-16(17(19,20)21)22-23-24-25/h5-10,12H,1-4H2,(H,26,27)/b8-6+. The van der Waals surface area contributed by atoms with Crippen LogP contribution < -0.4 is 9.79 Å². The molecule has 0 spiro atoms. The fourth-order valence-electron chi connectivity index (χ4n) is 3.50. The van der Waals surface area contributed by atoms with E-state index in [9.17, 15) is 23.1 Å². The minimum Gasteiger partial charge on any atom is -0.545 e. The number of carboxylic acids is 1. The van der Waals surface area contributed by atoms with Crippen molar-refractivity contribution in [2.24, 2.45) is 5.92 Å². The van der Waals surface area contributed by atoms with Crippen LogP contribution in [0.25, 0.3) is 5.69 Å². The van der Waals surface area contributed by atoms with Gasteiger partial charge in [-0.15, -0.1) is 4.68 Å². The molecule has 1 aromatic heterocycles. The second-order valence-corrected chi connectivity index (χ2v) is 6.81. The normalized spacial score (nSPS) is 20.9. The number of nitrogens with zero attached hydrogens (tertiary/aromatic N) is 3. The number of allylic oxidation sites excluding steroid dienone is 1. The lowest BCUT2D eigenvalue weighted by atomic mass is 9.75. The van der Waals surface area contributed by atoms with Gasteiger partial charge >= 0.3 is 12.0 Å². The van der Waals surface area contributed by atoms with Crippen LogP contribution in [-0.2, 0) is 11.0 Å². The van der Waals surface area contributed by atoms with E-state index < -0.39 is 18.0 Å². The maximum absolute atomic E-state index is 13.0. The van der Waals surface area contributed by atoms with Crippen molar-refractivity contribution in [3.8, 4) is 5.69 Å². The number of hydrogen-bond acceptors (Lipinski definition) is 4. The number of hydrogen-bond donors (Lipinski definition) is 1. The van der Waals surface area contributed by atoms with Crippen LogP contribution in [0.5, 0.6) is 0 Å². The largest absolute Gasteiger partial charge is 0.545 e. The Morgan fingerprint density at radius 2 is 2.07 bits per heavy atom. The maximum atomic E-state index is 13.0. The Morgan fingerprint density at radius 1 is 1.33 bits per heavy atom. The molecule has 1 heterocycles. The van der Waals surface area contributed by atoms with Crippen molar-refractivity contribution in [1.29, 1.82) is 0 Å². The van der Waals surface area contributed by atoms with E-state index in [0.717, 1.165) is 37.3 Å². The first-order valence-electron chi connectivity index (χ1n) is 8.36. The van der Waals surface area contributed by atoms with Crippen LogP contribution in [0, 0.1) is 5.92 Å². The van der Waals surface area contributed by atoms with Crippen molar-refractivity contribution in [2.75, 3.05) is 0 Å². The second-order valence-electron chi connectivity index (χ2n) is 6.40. The van der Waals surface area contributed by atoms with Crippen molar-refractivity contribution in [1.82, 2.24) is 15.5 Å². The molecule has 1 aromatic carbocycles. The van der Waals surface area contributed by atoms with Crippen LogP contribution in [0.4, 0.5) is 13.2 Å². The third kappa shape index (κ3) is 4.29. The number of alkyl halides is 3. The highest BCUT2D eigenvalue weighted by Crippen LogP contribution is 2.39. The summed E-state index contributed by atoms with van der Waals surface area (Å²) < 4.78 is 39.8. The van der Waals surface area contributed by atoms with E-state index in [1.54, 1.807) is 18.2 Å². The van der Waals surface area contributed by atoms with Gasteiger partial charge in [0.15, 0.2) is 5.21 Å². The second kappa shape index (κ2) is 7.67. The average Bonchev–Trinajstić information content (AvgIpc) is 3.10. The van der Waals surface area contributed by atoms with Crippen molar-refractivity contribution in [3.05, 3.63) is 46.8 Å². The SMILES string of the molecule is O=C([O-])/C=C/C1CCCCC1c1ccc(-[n+]2[nH]nnc2C(F)(F)F)c(Cl)c1. The molecule has 1 saturated carbocycles. The van der Waals surface area contributed by atoms with Crippen LogP contribution in [0.3, 0.4) is 0 Å². The lowest BCUT2D eigenvalue weighted by Crippen LogP contribution is -2.41. The van der Waals surface area contributed by atoms with E-state index in [-0.39, 0.29) is 22.5 Å². The fourth-order valence-corrected chi connectivity index (χ4v) is 3.77. The van der Waals surface area contributed by atoms with Gasteiger partial charge in [-0.25, -0.2) is 0 Å². The van der Waals surface area contributed by atoms with E-state index >= 15 is 0 Å². The zero-order valence-electron chi connectivity index (χ0n) is 14.0. The number of aromatic amines is 1. The molecule has 2 atom stereocenters. The van der Waals surface area contributed by atoms with Crippen LogP contribution in [-0.4, -0.2) is 21.5 Å². The molecular formula is C17H16ClF3N4O2. The Hall–Kier alpha value is -2.42. The van der Waals surface area contributed by atoms with Gasteiger partial charge in [-0.2, -0.15) is 13.2 Å². The van der Waals surface area contributed by atoms with Gasteiger partial charge in [0.2, 0.25) is 0 Å². The summed E-state index contributed by atoms with van der Waals surface area (Å²) >= 11 is 6.25. The van der Waals surface area contributed by atoms with E-state index in [2.05, 4.69) is 15.5 Å². The minimum atomic E-state index is -4.68. The molecule has 2 aromatic rings. The van der Waals surface area contributed by atoms with E-state index in [1.165, 1.54) is 6.07 Å². The fraction of sp³-hybridized carbons (Fsp3) is 0.412. The maximum Gasteiger partial charge on any atom is 0.488 e. The number of carbonyl (C=O) groups excluding carboxylic acids is 1. The van der Waals surface area contributed by atoms with Gasteiger partial charge in [0, 0.05) is 0 Å². The van der Waals surface area contributed by atoms with Crippen LogP contribution in [0.2, 0.25) is 5.02 Å². The third-order valence-electron chi connectivity index (χ3n) is 4.69. The molecule has 3 rings (SSSR count). The predicted molar refractivity (Wildman–Crippen MR) is 86.8 cm³/mol. The summed E-state index contributed by atoms with van der Waals surface area (Å²) in [6.45, 7) is 0. The van der Waals surface area contributed by atoms with Gasteiger partial charge in [-0.05, 0) is 48.4 Å². The Balaban J connectivity index is 1.93. The molecule has 6 nitrogen and oxygen atoms in total. The van der Waals surface area contributed by atoms with Gasteiger partial charge in [-0.3, -0.25) is 0 Å². The number of halogens is 4. The average molecular weight is 401 g/mol. The predicted octanol–water partition coefficient (Wildman–Crippen LogP) is 2.33. The van der Waals surface area contributed by atoms with Crippen molar-refractivity contribution in [2.45, 2.75) is 37.8 Å². The molecule has 2 unspecified atom stereocenters. The zero-order valence-corrected chi connectivity index (χ0v) is 14.8. The number of H-pyrrole nitrogens is 1. The molecule has 1 fully saturated rings. The number of benzene rings is 1. The van der Waals surface area contributed by atoms with E-state index in [1.807, 2.05) is 0 Å². The molecule has 144 valence electrons. The van der Waals surface area contributed by atoms with Crippen molar-refractivity contribution in [3.63, 3.8) is 0 Å². The Morgan fingerprint density at radius 3 is 2.74 bits per heavy atom. The number of rotatable bonds is 4. The molecule has 0 saturated heterocycles. The smallest absolute Gasteiger partial charge is 0.488 e.